The Kier molecular flexibility index (Phi) is 9.26. The molecule has 6 nitrogen and oxygen atoms in total. The molecule has 1 saturated heterocycles. The van der Waals surface area contributed by atoms with E-state index in [1.165, 1.54) is 11.1 Å². The molecule has 6 aromatic rings. The number of aryl methyl sites for hydroxylation is 1. The van der Waals surface area contributed by atoms with Gasteiger partial charge in [-0.25, -0.2) is 0 Å². The van der Waals surface area contributed by atoms with Crippen LogP contribution in [0, 0.1) is 0 Å². The summed E-state index contributed by atoms with van der Waals surface area (Å²) < 4.78 is 15.4. The van der Waals surface area contributed by atoms with Crippen LogP contribution in [0.25, 0.3) is 10.9 Å². The molecule has 1 aromatic heterocycles. The van der Waals surface area contributed by atoms with Crippen LogP contribution < -0.4 is 0 Å². The fraction of sp³-hybridized carbons (Fsp3) is 0.238. The van der Waals surface area contributed by atoms with E-state index in [-0.39, 0.29) is 6.61 Å². The Labute approximate surface area is 281 Å². The first-order valence-corrected chi connectivity index (χ1v) is 16.7. The van der Waals surface area contributed by atoms with Gasteiger partial charge >= 0.3 is 0 Å². The summed E-state index contributed by atoms with van der Waals surface area (Å²) in [4.78, 5) is 0. The number of aliphatic hydroxyl groups is 3. The van der Waals surface area contributed by atoms with E-state index in [1.54, 1.807) is 0 Å². The van der Waals surface area contributed by atoms with Crippen LogP contribution in [-0.2, 0) is 27.9 Å². The van der Waals surface area contributed by atoms with Crippen molar-refractivity contribution >= 4 is 10.9 Å². The van der Waals surface area contributed by atoms with Crippen molar-refractivity contribution in [2.45, 2.75) is 56.0 Å². The SMILES string of the molecule is CCc1ccc(Cc2cn([C@@H]3O[C@H](COC(c4ccccc4)(c4ccccc4)c4ccccc4)[C@@H](O)[C@H](O)[C@H]3O)c3ccccc23)cc1. The molecule has 7 rings (SSSR count). The van der Waals surface area contributed by atoms with Crippen LogP contribution in [0.3, 0.4) is 0 Å². The molecule has 0 radical (unpaired) electrons. The van der Waals surface area contributed by atoms with Gasteiger partial charge in [0.05, 0.1) is 12.1 Å². The number of benzene rings is 5. The van der Waals surface area contributed by atoms with Gasteiger partial charge in [-0.3, -0.25) is 0 Å². The molecule has 0 unspecified atom stereocenters. The maximum atomic E-state index is 11.4. The molecular weight excluding hydrogens is 598 g/mol. The predicted octanol–water partition coefficient (Wildman–Crippen LogP) is 6.78. The van der Waals surface area contributed by atoms with Gasteiger partial charge in [-0.2, -0.15) is 0 Å². The van der Waals surface area contributed by atoms with Gasteiger partial charge in [-0.1, -0.05) is 140 Å². The third kappa shape index (κ3) is 5.98. The van der Waals surface area contributed by atoms with Crippen molar-refractivity contribution in [3.8, 4) is 0 Å². The van der Waals surface area contributed by atoms with Crippen LogP contribution in [0.5, 0.6) is 0 Å². The number of aliphatic hydroxyl groups excluding tert-OH is 3. The summed E-state index contributed by atoms with van der Waals surface area (Å²) in [5.41, 5.74) is 6.13. The van der Waals surface area contributed by atoms with Crippen molar-refractivity contribution in [2.24, 2.45) is 0 Å². The van der Waals surface area contributed by atoms with Crippen molar-refractivity contribution in [3.05, 3.63) is 179 Å². The van der Waals surface area contributed by atoms with E-state index in [2.05, 4.69) is 37.3 Å². The lowest BCUT2D eigenvalue weighted by Crippen LogP contribution is -2.57. The van der Waals surface area contributed by atoms with Crippen molar-refractivity contribution in [1.29, 1.82) is 0 Å². The third-order valence-electron chi connectivity index (χ3n) is 9.62. The molecule has 3 N–H and O–H groups in total. The van der Waals surface area contributed by atoms with Crippen molar-refractivity contribution < 1.29 is 24.8 Å². The fourth-order valence-corrected chi connectivity index (χ4v) is 7.02. The molecule has 2 heterocycles. The smallest absolute Gasteiger partial charge is 0.163 e. The van der Waals surface area contributed by atoms with Crippen LogP contribution in [-0.4, -0.2) is 50.9 Å². The molecule has 48 heavy (non-hydrogen) atoms. The second kappa shape index (κ2) is 13.9. The van der Waals surface area contributed by atoms with Crippen LogP contribution >= 0.6 is 0 Å². The first-order valence-electron chi connectivity index (χ1n) is 16.7. The zero-order chi connectivity index (χ0) is 33.1. The number of hydrogen-bond acceptors (Lipinski definition) is 5. The lowest BCUT2D eigenvalue weighted by atomic mass is 9.80. The van der Waals surface area contributed by atoms with Gasteiger partial charge in [0.1, 0.15) is 30.0 Å². The zero-order valence-corrected chi connectivity index (χ0v) is 27.0. The van der Waals surface area contributed by atoms with E-state index in [0.29, 0.717) is 6.42 Å². The molecule has 1 aliphatic rings. The van der Waals surface area contributed by atoms with E-state index >= 15 is 0 Å². The predicted molar refractivity (Wildman–Crippen MR) is 188 cm³/mol. The van der Waals surface area contributed by atoms with Gasteiger partial charge < -0.3 is 29.4 Å². The number of aromatic nitrogens is 1. The molecule has 0 spiro atoms. The molecule has 0 amide bonds. The highest BCUT2D eigenvalue weighted by Crippen LogP contribution is 2.42. The summed E-state index contributed by atoms with van der Waals surface area (Å²) in [6, 6.07) is 46.6. The molecule has 0 bridgehead atoms. The maximum absolute atomic E-state index is 11.4. The molecule has 244 valence electrons. The van der Waals surface area contributed by atoms with Crippen molar-refractivity contribution in [3.63, 3.8) is 0 Å². The molecule has 5 aromatic carbocycles. The number of ether oxygens (including phenoxy) is 2. The fourth-order valence-electron chi connectivity index (χ4n) is 7.02. The van der Waals surface area contributed by atoms with E-state index in [4.69, 9.17) is 9.47 Å². The minimum atomic E-state index is -1.46. The summed E-state index contributed by atoms with van der Waals surface area (Å²) in [5.74, 6) is 0. The minimum Gasteiger partial charge on any atom is -0.387 e. The first kappa shape index (κ1) is 32.0. The Bertz CT molecular complexity index is 1830. The Hall–Kier alpha value is -4.56. The van der Waals surface area contributed by atoms with Crippen LogP contribution in [0.2, 0.25) is 0 Å². The Morgan fingerprint density at radius 1 is 0.625 bits per heavy atom. The van der Waals surface area contributed by atoms with Crippen LogP contribution in [0.1, 0.15) is 46.5 Å². The van der Waals surface area contributed by atoms with E-state index in [0.717, 1.165) is 39.6 Å². The summed E-state index contributed by atoms with van der Waals surface area (Å²) in [7, 11) is 0. The van der Waals surface area contributed by atoms with Gasteiger partial charge in [-0.15, -0.1) is 0 Å². The number of para-hydroxylation sites is 1. The number of fused-ring (bicyclic) bond motifs is 1. The van der Waals surface area contributed by atoms with E-state index < -0.39 is 36.2 Å². The normalized spacial score (nSPS) is 21.4. The molecular formula is C42H41NO5. The highest BCUT2D eigenvalue weighted by molar-refractivity contribution is 5.84. The van der Waals surface area contributed by atoms with Gasteiger partial charge in [0, 0.05) is 11.6 Å². The summed E-state index contributed by atoms with van der Waals surface area (Å²) in [6.07, 6.45) is -2.43. The number of rotatable bonds is 10. The number of nitrogens with zero attached hydrogens (tertiary/aromatic N) is 1. The molecule has 1 aliphatic heterocycles. The maximum Gasteiger partial charge on any atom is 0.163 e. The number of hydrogen-bond donors (Lipinski definition) is 3. The Balaban J connectivity index is 1.24. The first-order chi connectivity index (χ1) is 23.5. The van der Waals surface area contributed by atoms with Crippen molar-refractivity contribution in [2.75, 3.05) is 6.61 Å². The molecule has 1 fully saturated rings. The third-order valence-corrected chi connectivity index (χ3v) is 9.62. The van der Waals surface area contributed by atoms with Gasteiger partial charge in [-0.05, 0) is 52.3 Å². The molecule has 0 saturated carbocycles. The topological polar surface area (TPSA) is 84.1 Å². The zero-order valence-electron chi connectivity index (χ0n) is 27.0. The van der Waals surface area contributed by atoms with Gasteiger partial charge in [0.25, 0.3) is 0 Å². The highest BCUT2D eigenvalue weighted by Gasteiger charge is 2.47. The van der Waals surface area contributed by atoms with Crippen LogP contribution in [0.4, 0.5) is 0 Å². The van der Waals surface area contributed by atoms with E-state index in [1.807, 2.05) is 120 Å². The average Bonchev–Trinajstić information content (AvgIpc) is 3.51. The average molecular weight is 640 g/mol. The second-order valence-corrected chi connectivity index (χ2v) is 12.6. The second-order valence-electron chi connectivity index (χ2n) is 12.6. The summed E-state index contributed by atoms with van der Waals surface area (Å²) in [5, 5.41) is 35.0. The summed E-state index contributed by atoms with van der Waals surface area (Å²) >= 11 is 0. The Morgan fingerprint density at radius 2 is 1.15 bits per heavy atom. The molecule has 0 aliphatic carbocycles. The quantitative estimate of drug-likeness (QED) is 0.144. The molecule has 6 heteroatoms. The largest absolute Gasteiger partial charge is 0.387 e. The Morgan fingerprint density at radius 3 is 1.71 bits per heavy atom. The summed E-state index contributed by atoms with van der Waals surface area (Å²) in [6.45, 7) is 2.09. The van der Waals surface area contributed by atoms with Crippen LogP contribution in [0.15, 0.2) is 146 Å². The van der Waals surface area contributed by atoms with Gasteiger partial charge in [0.15, 0.2) is 6.23 Å². The lowest BCUT2D eigenvalue weighted by Gasteiger charge is -2.43. The minimum absolute atomic E-state index is 0.0596. The highest BCUT2D eigenvalue weighted by atomic mass is 16.6. The van der Waals surface area contributed by atoms with Crippen molar-refractivity contribution in [1.82, 2.24) is 4.57 Å². The molecule has 5 atom stereocenters. The standard InChI is InChI=1S/C42H41NO5/c1-2-29-22-24-30(25-23-29)26-31-27-43(36-21-13-12-20-35(31)36)41-40(46)39(45)38(44)37(48-41)28-47-42(32-14-6-3-7-15-32,33-16-8-4-9-17-33)34-18-10-5-11-19-34/h3-25,27,37-41,44-46H,2,26,28H2,1H3/t37-,38-,39+,40-,41-/m1/s1. The lowest BCUT2D eigenvalue weighted by molar-refractivity contribution is -0.257. The van der Waals surface area contributed by atoms with E-state index in [9.17, 15) is 15.3 Å². The monoisotopic (exact) mass is 639 g/mol. The van der Waals surface area contributed by atoms with Gasteiger partial charge in [0.2, 0.25) is 0 Å².